The van der Waals surface area contributed by atoms with E-state index in [1.807, 2.05) is 71.2 Å². The van der Waals surface area contributed by atoms with Gasteiger partial charge in [-0.25, -0.2) is 20.2 Å². The predicted octanol–water partition coefficient (Wildman–Crippen LogP) is 14.4. The van der Waals surface area contributed by atoms with Crippen molar-refractivity contribution < 1.29 is 9.59 Å². The Kier molecular flexibility index (Phi) is 8.25. The summed E-state index contributed by atoms with van der Waals surface area (Å²) in [6.07, 6.45) is 15.2. The molecular weight excluding hydrogens is 841 g/mol. The molecule has 2 aromatic carbocycles. The number of allylic oxidation sites excluding steroid dienone is 6. The lowest BCUT2D eigenvalue weighted by Crippen LogP contribution is -2.28. The van der Waals surface area contributed by atoms with E-state index in [0.29, 0.717) is 44.5 Å². The van der Waals surface area contributed by atoms with E-state index in [4.69, 9.17) is 13.1 Å². The van der Waals surface area contributed by atoms with Gasteiger partial charge in [-0.2, -0.15) is 0 Å². The van der Waals surface area contributed by atoms with Gasteiger partial charge in [0.2, 0.25) is 0 Å². The first-order valence-corrected chi connectivity index (χ1v) is 24.3. The van der Waals surface area contributed by atoms with Crippen molar-refractivity contribution in [2.45, 2.75) is 75.0 Å². The van der Waals surface area contributed by atoms with Gasteiger partial charge in [0.25, 0.3) is 11.4 Å². The van der Waals surface area contributed by atoms with Gasteiger partial charge < -0.3 is 0 Å². The van der Waals surface area contributed by atoms with Crippen LogP contribution in [0.1, 0.15) is 128 Å². The number of nitriles is 2. The molecule has 0 amide bonds. The van der Waals surface area contributed by atoms with Crippen molar-refractivity contribution in [2.75, 3.05) is 0 Å². The number of carbonyl (C=O) groups is 2. The molecule has 12 rings (SSSR count). The molecule has 6 aliphatic carbocycles. The van der Waals surface area contributed by atoms with Crippen LogP contribution >= 0.6 is 45.3 Å². The van der Waals surface area contributed by atoms with Crippen LogP contribution in [-0.4, -0.2) is 11.6 Å². The minimum atomic E-state index is -0.141. The Bertz CT molecular complexity index is 3150. The molecule has 10 heteroatoms. The van der Waals surface area contributed by atoms with Crippen molar-refractivity contribution in [3.8, 4) is 31.6 Å². The summed E-state index contributed by atoms with van der Waals surface area (Å²) < 4.78 is 2.85. The Labute approximate surface area is 374 Å². The van der Waals surface area contributed by atoms with Gasteiger partial charge in [-0.05, 0) is 72.2 Å². The molecule has 0 saturated heterocycles. The van der Waals surface area contributed by atoms with Crippen LogP contribution in [0.3, 0.4) is 0 Å². The Balaban J connectivity index is 1.02. The summed E-state index contributed by atoms with van der Waals surface area (Å²) in [4.78, 5) is 42.2. The zero-order valence-electron chi connectivity index (χ0n) is 33.2. The van der Waals surface area contributed by atoms with Crippen LogP contribution in [0, 0.1) is 35.8 Å². The monoisotopic (exact) mass is 872 g/mol. The summed E-state index contributed by atoms with van der Waals surface area (Å²) in [5.41, 5.74) is 9.50. The maximum Gasteiger partial charge on any atom is 0.270 e. The molecule has 62 heavy (non-hydrogen) atoms. The van der Waals surface area contributed by atoms with E-state index in [1.165, 1.54) is 64.0 Å². The number of Topliss-reactive ketones (excluding diaryl/α,β-unsaturated/α-hetero) is 2. The van der Waals surface area contributed by atoms with E-state index < -0.39 is 0 Å². The number of fused-ring (bicyclic) bond motifs is 15. The first kappa shape index (κ1) is 37.5. The molecule has 0 aliphatic heterocycles. The van der Waals surface area contributed by atoms with Gasteiger partial charge in [-0.1, -0.05) is 87.1 Å². The third-order valence-corrected chi connectivity index (χ3v) is 19.3. The lowest BCUT2D eigenvalue weighted by Gasteiger charge is -2.35. The normalized spacial score (nSPS) is 21.3. The summed E-state index contributed by atoms with van der Waals surface area (Å²) in [5.74, 6) is -0.282. The van der Waals surface area contributed by atoms with Crippen LogP contribution < -0.4 is 0 Å². The molecule has 2 fully saturated rings. The minimum Gasteiger partial charge on any atom is -0.289 e. The third kappa shape index (κ3) is 4.84. The molecule has 0 radical (unpaired) electrons. The van der Waals surface area contributed by atoms with Crippen molar-refractivity contribution in [1.29, 1.82) is 10.5 Å². The summed E-state index contributed by atoms with van der Waals surface area (Å²) in [7, 11) is 0. The smallest absolute Gasteiger partial charge is 0.270 e. The number of hydrogen-bond donors (Lipinski definition) is 0. The lowest BCUT2D eigenvalue weighted by atomic mass is 9.67. The second-order valence-electron chi connectivity index (χ2n) is 17.1. The largest absolute Gasteiger partial charge is 0.289 e. The van der Waals surface area contributed by atoms with Gasteiger partial charge in [-0.15, -0.1) is 45.3 Å². The second-order valence-corrected chi connectivity index (χ2v) is 21.3. The summed E-state index contributed by atoms with van der Waals surface area (Å²) in [6, 6.07) is 23.4. The first-order chi connectivity index (χ1) is 30.4. The van der Waals surface area contributed by atoms with Crippen LogP contribution in [-0.2, 0) is 10.8 Å². The fraction of sp³-hybridized carbons (Fsp3) is 0.231. The minimum absolute atomic E-state index is 0.0571. The van der Waals surface area contributed by atoms with E-state index in [2.05, 4.69) is 34.0 Å². The maximum absolute atomic E-state index is 13.9. The average Bonchev–Trinajstić information content (AvgIpc) is 4.18. The van der Waals surface area contributed by atoms with Crippen LogP contribution in [0.15, 0.2) is 83.2 Å². The molecule has 6 nitrogen and oxygen atoms in total. The molecule has 6 aromatic rings. The number of nitrogens with zero attached hydrogens (tertiary/aromatic N) is 4. The van der Waals surface area contributed by atoms with Gasteiger partial charge in [-0.3, -0.25) is 9.59 Å². The van der Waals surface area contributed by atoms with E-state index in [9.17, 15) is 20.1 Å². The highest BCUT2D eigenvalue weighted by Crippen LogP contribution is 2.69. The number of carbonyl (C=O) groups excluding carboxylic acids is 2. The van der Waals surface area contributed by atoms with Crippen molar-refractivity contribution >= 4 is 89.6 Å². The number of ketones is 2. The Hall–Kier alpha value is -6.24. The third-order valence-electron chi connectivity index (χ3n) is 14.2. The van der Waals surface area contributed by atoms with Crippen molar-refractivity contribution in [2.24, 2.45) is 0 Å². The summed E-state index contributed by atoms with van der Waals surface area (Å²) in [6.45, 7) is 15.6. The Morgan fingerprint density at radius 2 is 0.952 bits per heavy atom. The summed E-state index contributed by atoms with van der Waals surface area (Å²) >= 11 is 7.42. The molecule has 4 aromatic heterocycles. The van der Waals surface area contributed by atoms with Gasteiger partial charge in [0.05, 0.1) is 44.4 Å². The highest BCUT2D eigenvalue weighted by molar-refractivity contribution is 7.34. The van der Waals surface area contributed by atoms with Gasteiger partial charge in [0, 0.05) is 74.9 Å². The molecule has 6 aliphatic rings. The molecule has 0 N–H and O–H groups in total. The van der Waals surface area contributed by atoms with E-state index in [1.54, 1.807) is 34.8 Å². The van der Waals surface area contributed by atoms with Crippen LogP contribution in [0.2, 0.25) is 0 Å². The number of rotatable bonds is 2. The zero-order chi connectivity index (χ0) is 42.1. The highest BCUT2D eigenvalue weighted by atomic mass is 32.1. The number of hydrogen-bond acceptors (Lipinski definition) is 8. The van der Waals surface area contributed by atoms with E-state index >= 15 is 0 Å². The molecule has 0 bridgehead atoms. The van der Waals surface area contributed by atoms with Crippen molar-refractivity contribution in [1.82, 2.24) is 0 Å². The maximum atomic E-state index is 13.9. The number of thiophene rings is 4. The molecule has 2 saturated carbocycles. The van der Waals surface area contributed by atoms with Crippen molar-refractivity contribution in [3.05, 3.63) is 160 Å². The van der Waals surface area contributed by atoms with Crippen LogP contribution in [0.5, 0.6) is 0 Å². The second kappa shape index (κ2) is 13.6. The SMILES string of the molecule is [C-]#[N+]C(C#N)=C1/C(=C/c2cc3c(s2)-c2sc4c5c(sc4c2C32CCCCC2)-c2sc(/C=C3\C(=O)c4ccccc4\C3=C(\C#N)[N+]#[C-])cc2C52CCCCC2)C(=O)c2ccccc21. The van der Waals surface area contributed by atoms with E-state index in [0.717, 1.165) is 61.1 Å². The van der Waals surface area contributed by atoms with Crippen LogP contribution in [0.25, 0.3) is 61.9 Å². The molecule has 296 valence electrons. The quantitative estimate of drug-likeness (QED) is 0.0984. The predicted molar refractivity (Wildman–Crippen MR) is 250 cm³/mol. The van der Waals surface area contributed by atoms with Gasteiger partial charge >= 0.3 is 0 Å². The van der Waals surface area contributed by atoms with Gasteiger partial charge in [0.15, 0.2) is 11.6 Å². The standard InChI is InChI=1S/C52H32N4O2S4/c1-55-37(25-53)39-29-13-5-7-15-31(29)43(57)33(39)21-27-23-35-45(59-27)47-41(51(35)17-9-3-10-18-51)49-50(61-47)42-48(62-49)46-36(52(42)19-11-4-12-20-52)24-28(60-46)22-34-40(38(26-54)56-2)30-14-6-8-16-32(30)44(34)58/h5-8,13-16,21-24H,3-4,9-12,17-20H2/b33-21-,34-22-,39-37+,40-38?. The zero-order valence-corrected chi connectivity index (χ0v) is 36.5. The highest BCUT2D eigenvalue weighted by Gasteiger charge is 2.53. The number of benzene rings is 2. The van der Waals surface area contributed by atoms with E-state index in [-0.39, 0.29) is 33.8 Å². The Morgan fingerprint density at radius 3 is 1.32 bits per heavy atom. The average molecular weight is 873 g/mol. The first-order valence-electron chi connectivity index (χ1n) is 21.0. The van der Waals surface area contributed by atoms with Gasteiger partial charge in [0.1, 0.15) is 0 Å². The molecular formula is C52H32N4O2S4. The topological polar surface area (TPSA) is 90.4 Å². The lowest BCUT2D eigenvalue weighted by molar-refractivity contribution is 0.103. The molecule has 0 atom stereocenters. The Morgan fingerprint density at radius 1 is 0.565 bits per heavy atom. The summed E-state index contributed by atoms with van der Waals surface area (Å²) in [5, 5.41) is 19.9. The fourth-order valence-corrected chi connectivity index (χ4v) is 17.7. The molecule has 4 heterocycles. The van der Waals surface area contributed by atoms with Crippen LogP contribution in [0.4, 0.5) is 0 Å². The molecule has 0 unspecified atom stereocenters. The fourth-order valence-electron chi connectivity index (χ4n) is 11.7. The van der Waals surface area contributed by atoms with Crippen molar-refractivity contribution in [3.63, 3.8) is 0 Å². The molecule has 2 spiro atoms.